The molecule has 0 aliphatic rings. The monoisotopic (exact) mass is 392 g/mol. The summed E-state index contributed by atoms with van der Waals surface area (Å²) in [4.78, 5) is 16.3. The SMILES string of the molecule is O=C(Nc1ccc(Cn2cncn2)cc1)c1ccc(COc2ccc(F)cc2)o1. The molecule has 0 atom stereocenters. The number of nitrogens with one attached hydrogen (secondary N) is 1. The molecule has 1 N–H and O–H groups in total. The van der Waals surface area contributed by atoms with Crippen molar-refractivity contribution in [3.05, 3.63) is 96.2 Å². The van der Waals surface area contributed by atoms with Gasteiger partial charge in [0.25, 0.3) is 5.91 Å². The number of carbonyl (C=O) groups is 1. The molecule has 4 aromatic rings. The summed E-state index contributed by atoms with van der Waals surface area (Å²) in [6.45, 7) is 0.736. The van der Waals surface area contributed by atoms with Gasteiger partial charge in [0.15, 0.2) is 5.76 Å². The van der Waals surface area contributed by atoms with E-state index in [1.165, 1.54) is 30.6 Å². The van der Waals surface area contributed by atoms with Gasteiger partial charge in [0.1, 0.15) is 36.6 Å². The second kappa shape index (κ2) is 8.39. The molecule has 0 spiro atoms. The Balaban J connectivity index is 1.32. The maximum atomic E-state index is 12.9. The van der Waals surface area contributed by atoms with E-state index in [1.54, 1.807) is 23.1 Å². The van der Waals surface area contributed by atoms with Crippen molar-refractivity contribution in [2.75, 3.05) is 5.32 Å². The van der Waals surface area contributed by atoms with Crippen LogP contribution in [-0.4, -0.2) is 20.7 Å². The highest BCUT2D eigenvalue weighted by Gasteiger charge is 2.12. The summed E-state index contributed by atoms with van der Waals surface area (Å²) in [6.07, 6.45) is 3.13. The number of nitrogens with zero attached hydrogens (tertiary/aromatic N) is 3. The van der Waals surface area contributed by atoms with E-state index in [0.29, 0.717) is 23.7 Å². The number of halogens is 1. The Labute approximate surface area is 165 Å². The summed E-state index contributed by atoms with van der Waals surface area (Å²) in [6, 6.07) is 16.4. The lowest BCUT2D eigenvalue weighted by atomic mass is 10.2. The fraction of sp³-hybridized carbons (Fsp3) is 0.0952. The van der Waals surface area contributed by atoms with Gasteiger partial charge in [0.2, 0.25) is 0 Å². The molecule has 7 nitrogen and oxygen atoms in total. The van der Waals surface area contributed by atoms with Gasteiger partial charge in [-0.1, -0.05) is 12.1 Å². The van der Waals surface area contributed by atoms with Crippen molar-refractivity contribution < 1.29 is 18.3 Å². The van der Waals surface area contributed by atoms with Crippen LogP contribution in [0.25, 0.3) is 0 Å². The number of furan rings is 1. The van der Waals surface area contributed by atoms with Crippen LogP contribution < -0.4 is 10.1 Å². The van der Waals surface area contributed by atoms with Crippen LogP contribution in [0, 0.1) is 5.82 Å². The smallest absolute Gasteiger partial charge is 0.291 e. The van der Waals surface area contributed by atoms with Gasteiger partial charge in [-0.15, -0.1) is 0 Å². The van der Waals surface area contributed by atoms with Crippen LogP contribution in [0.3, 0.4) is 0 Å². The molecule has 0 aliphatic carbocycles. The normalized spacial score (nSPS) is 10.7. The molecule has 8 heteroatoms. The molecular formula is C21H17FN4O3. The van der Waals surface area contributed by atoms with E-state index < -0.39 is 0 Å². The Kier molecular flexibility index (Phi) is 5.33. The summed E-state index contributed by atoms with van der Waals surface area (Å²) < 4.78 is 25.7. The Morgan fingerprint density at radius 2 is 1.86 bits per heavy atom. The van der Waals surface area contributed by atoms with E-state index >= 15 is 0 Å². The van der Waals surface area contributed by atoms with Crippen LogP contribution in [0.5, 0.6) is 5.75 Å². The fourth-order valence-electron chi connectivity index (χ4n) is 2.65. The second-order valence-corrected chi connectivity index (χ2v) is 6.25. The van der Waals surface area contributed by atoms with Gasteiger partial charge in [-0.05, 0) is 54.1 Å². The summed E-state index contributed by atoms with van der Waals surface area (Å²) in [7, 11) is 0. The molecule has 0 aliphatic heterocycles. The lowest BCUT2D eigenvalue weighted by molar-refractivity contribution is 0.0992. The molecule has 0 radical (unpaired) electrons. The Morgan fingerprint density at radius 1 is 1.07 bits per heavy atom. The molecular weight excluding hydrogens is 375 g/mol. The summed E-state index contributed by atoms with van der Waals surface area (Å²) in [5.74, 6) is 0.486. The first-order valence-corrected chi connectivity index (χ1v) is 8.85. The van der Waals surface area contributed by atoms with E-state index in [2.05, 4.69) is 15.4 Å². The van der Waals surface area contributed by atoms with Crippen LogP contribution >= 0.6 is 0 Å². The predicted octanol–water partition coefficient (Wildman–Crippen LogP) is 3.89. The third kappa shape index (κ3) is 4.86. The number of rotatable bonds is 7. The number of hydrogen-bond donors (Lipinski definition) is 1. The molecule has 0 fully saturated rings. The van der Waals surface area contributed by atoms with E-state index in [9.17, 15) is 9.18 Å². The molecule has 1 amide bonds. The Bertz CT molecular complexity index is 1070. The third-order valence-corrected chi connectivity index (χ3v) is 4.10. The number of anilines is 1. The van der Waals surface area contributed by atoms with Gasteiger partial charge in [-0.25, -0.2) is 14.1 Å². The maximum absolute atomic E-state index is 12.9. The molecule has 2 heterocycles. The Morgan fingerprint density at radius 3 is 2.59 bits per heavy atom. The number of ether oxygens (including phenoxy) is 1. The lowest BCUT2D eigenvalue weighted by Gasteiger charge is -2.06. The predicted molar refractivity (Wildman–Crippen MR) is 103 cm³/mol. The lowest BCUT2D eigenvalue weighted by Crippen LogP contribution is -2.11. The quantitative estimate of drug-likeness (QED) is 0.516. The third-order valence-electron chi connectivity index (χ3n) is 4.10. The number of hydrogen-bond acceptors (Lipinski definition) is 5. The summed E-state index contributed by atoms with van der Waals surface area (Å²) >= 11 is 0. The zero-order valence-electron chi connectivity index (χ0n) is 15.3. The van der Waals surface area contributed by atoms with Gasteiger partial charge in [0, 0.05) is 5.69 Å². The highest BCUT2D eigenvalue weighted by molar-refractivity contribution is 6.02. The van der Waals surface area contributed by atoms with Crippen molar-refractivity contribution in [2.24, 2.45) is 0 Å². The highest BCUT2D eigenvalue weighted by Crippen LogP contribution is 2.17. The van der Waals surface area contributed by atoms with Gasteiger partial charge >= 0.3 is 0 Å². The molecule has 146 valence electrons. The van der Waals surface area contributed by atoms with Crippen molar-refractivity contribution in [3.63, 3.8) is 0 Å². The zero-order chi connectivity index (χ0) is 20.1. The van der Waals surface area contributed by atoms with Crippen molar-refractivity contribution in [2.45, 2.75) is 13.2 Å². The summed E-state index contributed by atoms with van der Waals surface area (Å²) in [5.41, 5.74) is 1.68. The minimum absolute atomic E-state index is 0.135. The topological polar surface area (TPSA) is 82.2 Å². The Hall–Kier alpha value is -3.94. The average Bonchev–Trinajstić information content (AvgIpc) is 3.41. The molecule has 0 saturated carbocycles. The molecule has 29 heavy (non-hydrogen) atoms. The van der Waals surface area contributed by atoms with Gasteiger partial charge in [-0.3, -0.25) is 4.79 Å². The first-order valence-electron chi connectivity index (χ1n) is 8.85. The van der Waals surface area contributed by atoms with Crippen molar-refractivity contribution in [1.29, 1.82) is 0 Å². The highest BCUT2D eigenvalue weighted by atomic mass is 19.1. The van der Waals surface area contributed by atoms with E-state index in [-0.39, 0.29) is 24.1 Å². The molecule has 0 bridgehead atoms. The molecule has 0 unspecified atom stereocenters. The minimum atomic E-state index is -0.359. The van der Waals surface area contributed by atoms with Crippen LogP contribution in [0.4, 0.5) is 10.1 Å². The zero-order valence-corrected chi connectivity index (χ0v) is 15.3. The van der Waals surface area contributed by atoms with Crippen molar-refractivity contribution in [1.82, 2.24) is 14.8 Å². The van der Waals surface area contributed by atoms with Crippen LogP contribution in [0.15, 0.2) is 77.7 Å². The maximum Gasteiger partial charge on any atom is 0.291 e. The number of benzene rings is 2. The van der Waals surface area contributed by atoms with E-state index in [1.807, 2.05) is 24.3 Å². The van der Waals surface area contributed by atoms with Gasteiger partial charge < -0.3 is 14.5 Å². The first kappa shape index (κ1) is 18.4. The van der Waals surface area contributed by atoms with Crippen molar-refractivity contribution in [3.8, 4) is 5.75 Å². The number of amides is 1. The minimum Gasteiger partial charge on any atom is -0.486 e. The average molecular weight is 392 g/mol. The van der Waals surface area contributed by atoms with Crippen LogP contribution in [0.1, 0.15) is 21.9 Å². The first-order chi connectivity index (χ1) is 14.2. The van der Waals surface area contributed by atoms with Crippen LogP contribution in [-0.2, 0) is 13.2 Å². The van der Waals surface area contributed by atoms with Gasteiger partial charge in [0.05, 0.1) is 6.54 Å². The second-order valence-electron chi connectivity index (χ2n) is 6.25. The van der Waals surface area contributed by atoms with Gasteiger partial charge in [-0.2, -0.15) is 5.10 Å². The molecule has 2 aromatic heterocycles. The van der Waals surface area contributed by atoms with E-state index in [0.717, 1.165) is 5.56 Å². The van der Waals surface area contributed by atoms with Crippen molar-refractivity contribution >= 4 is 11.6 Å². The standard InChI is InChI=1S/C21H17FN4O3/c22-16-3-7-18(8-4-16)28-12-19-9-10-20(29-19)21(27)25-17-5-1-15(2-6-17)11-26-14-23-13-24-26/h1-10,13-14H,11-12H2,(H,25,27). The largest absolute Gasteiger partial charge is 0.486 e. The molecule has 0 saturated heterocycles. The fourth-order valence-corrected chi connectivity index (χ4v) is 2.65. The van der Waals surface area contributed by atoms with Crippen LogP contribution in [0.2, 0.25) is 0 Å². The number of aromatic nitrogens is 3. The molecule has 2 aromatic carbocycles. The molecule has 4 rings (SSSR count). The van der Waals surface area contributed by atoms with E-state index in [4.69, 9.17) is 9.15 Å². The summed E-state index contributed by atoms with van der Waals surface area (Å²) in [5, 5.41) is 6.85. The number of carbonyl (C=O) groups excluding carboxylic acids is 1.